The first kappa shape index (κ1) is 21.2. The molecule has 2 fully saturated rings. The minimum atomic E-state index is -0.372. The van der Waals surface area contributed by atoms with Crippen molar-refractivity contribution in [3.63, 3.8) is 0 Å². The highest BCUT2D eigenvalue weighted by Gasteiger charge is 2.41. The maximum atomic E-state index is 12.8. The predicted octanol–water partition coefficient (Wildman–Crippen LogP) is 2.42. The number of hydrogen-bond donors (Lipinski definition) is 1. The standard InChI is InChI=1S/C18H33N3O2.ClH/c1-4-20(5-2)16(22)14-9-12-21(13-10-14)17(23)15-8-6-7-11-18(15,3)19;/h14-15H,4-13,19H2,1-3H3;1H. The second kappa shape index (κ2) is 9.04. The summed E-state index contributed by atoms with van der Waals surface area (Å²) < 4.78 is 0. The van der Waals surface area contributed by atoms with Crippen LogP contribution in [0.2, 0.25) is 0 Å². The normalized spacial score (nSPS) is 28.2. The molecular formula is C18H34ClN3O2. The van der Waals surface area contributed by atoms with Crippen LogP contribution < -0.4 is 5.73 Å². The van der Waals surface area contributed by atoms with Gasteiger partial charge in [-0.25, -0.2) is 0 Å². The molecule has 140 valence electrons. The van der Waals surface area contributed by atoms with E-state index in [9.17, 15) is 9.59 Å². The van der Waals surface area contributed by atoms with Crippen LogP contribution in [-0.4, -0.2) is 53.3 Å². The van der Waals surface area contributed by atoms with Crippen molar-refractivity contribution in [2.45, 2.75) is 64.8 Å². The lowest BCUT2D eigenvalue weighted by Gasteiger charge is -2.42. The number of halogens is 1. The van der Waals surface area contributed by atoms with Gasteiger partial charge in [-0.1, -0.05) is 12.8 Å². The molecule has 1 saturated heterocycles. The molecule has 1 heterocycles. The number of nitrogens with zero attached hydrogens (tertiary/aromatic N) is 2. The van der Waals surface area contributed by atoms with Crippen molar-refractivity contribution in [1.29, 1.82) is 0 Å². The minimum absolute atomic E-state index is 0. The van der Waals surface area contributed by atoms with Crippen molar-refractivity contribution in [2.75, 3.05) is 26.2 Å². The highest BCUT2D eigenvalue weighted by atomic mass is 35.5. The molecule has 0 aromatic heterocycles. The van der Waals surface area contributed by atoms with Crippen molar-refractivity contribution in [3.8, 4) is 0 Å². The lowest BCUT2D eigenvalue weighted by molar-refractivity contribution is -0.144. The summed E-state index contributed by atoms with van der Waals surface area (Å²) in [4.78, 5) is 29.1. The molecule has 2 rings (SSSR count). The zero-order chi connectivity index (χ0) is 17.0. The second-order valence-corrected chi connectivity index (χ2v) is 7.41. The maximum absolute atomic E-state index is 12.8. The van der Waals surface area contributed by atoms with Crippen LogP contribution in [0.5, 0.6) is 0 Å². The van der Waals surface area contributed by atoms with E-state index < -0.39 is 0 Å². The van der Waals surface area contributed by atoms with Crippen LogP contribution in [-0.2, 0) is 9.59 Å². The van der Waals surface area contributed by atoms with Gasteiger partial charge >= 0.3 is 0 Å². The van der Waals surface area contributed by atoms with Crippen LogP contribution in [0.1, 0.15) is 59.3 Å². The van der Waals surface area contributed by atoms with Gasteiger partial charge in [-0.3, -0.25) is 9.59 Å². The van der Waals surface area contributed by atoms with Gasteiger partial charge in [0, 0.05) is 37.6 Å². The lowest BCUT2D eigenvalue weighted by atomic mass is 9.73. The first-order valence-electron chi connectivity index (χ1n) is 9.27. The Morgan fingerprint density at radius 3 is 2.21 bits per heavy atom. The SMILES string of the molecule is CCN(CC)C(=O)C1CCN(C(=O)C2CCCCC2(C)N)CC1.Cl. The van der Waals surface area contributed by atoms with Crippen molar-refractivity contribution in [2.24, 2.45) is 17.6 Å². The smallest absolute Gasteiger partial charge is 0.227 e. The average Bonchev–Trinajstić information content (AvgIpc) is 2.55. The number of carbonyl (C=O) groups excluding carboxylic acids is 2. The monoisotopic (exact) mass is 359 g/mol. The Labute approximate surface area is 152 Å². The Kier molecular flexibility index (Phi) is 8.00. The summed E-state index contributed by atoms with van der Waals surface area (Å²) in [5.41, 5.74) is 6.00. The van der Waals surface area contributed by atoms with Crippen LogP contribution in [0, 0.1) is 11.8 Å². The minimum Gasteiger partial charge on any atom is -0.343 e. The van der Waals surface area contributed by atoms with E-state index in [1.54, 1.807) is 0 Å². The van der Waals surface area contributed by atoms with Crippen LogP contribution in [0.15, 0.2) is 0 Å². The van der Waals surface area contributed by atoms with E-state index in [1.165, 1.54) is 0 Å². The van der Waals surface area contributed by atoms with Crippen LogP contribution in [0.4, 0.5) is 0 Å². The Morgan fingerprint density at radius 1 is 1.12 bits per heavy atom. The fourth-order valence-electron chi connectivity index (χ4n) is 4.12. The molecular weight excluding hydrogens is 326 g/mol. The van der Waals surface area contributed by atoms with E-state index in [1.807, 2.05) is 30.6 Å². The van der Waals surface area contributed by atoms with Gasteiger partial charge < -0.3 is 15.5 Å². The zero-order valence-corrected chi connectivity index (χ0v) is 16.2. The molecule has 2 N–H and O–H groups in total. The zero-order valence-electron chi connectivity index (χ0n) is 15.4. The van der Waals surface area contributed by atoms with E-state index in [2.05, 4.69) is 0 Å². The molecule has 5 nitrogen and oxygen atoms in total. The van der Waals surface area contributed by atoms with Gasteiger partial charge in [-0.15, -0.1) is 12.4 Å². The number of nitrogens with two attached hydrogens (primary N) is 1. The topological polar surface area (TPSA) is 66.6 Å². The Morgan fingerprint density at radius 2 is 1.71 bits per heavy atom. The number of piperidine rings is 1. The number of likely N-dealkylation sites (tertiary alicyclic amines) is 1. The van der Waals surface area contributed by atoms with E-state index in [0.29, 0.717) is 13.1 Å². The van der Waals surface area contributed by atoms with Gasteiger partial charge in [0.25, 0.3) is 0 Å². The fraction of sp³-hybridized carbons (Fsp3) is 0.889. The Balaban J connectivity index is 0.00000288. The molecule has 1 saturated carbocycles. The number of carbonyl (C=O) groups is 2. The molecule has 2 atom stereocenters. The largest absolute Gasteiger partial charge is 0.343 e. The lowest BCUT2D eigenvalue weighted by Crippen LogP contribution is -2.55. The van der Waals surface area contributed by atoms with E-state index in [0.717, 1.165) is 51.6 Å². The number of amides is 2. The summed E-state index contributed by atoms with van der Waals surface area (Å²) in [5, 5.41) is 0. The molecule has 1 aliphatic carbocycles. The molecule has 2 amide bonds. The van der Waals surface area contributed by atoms with Crippen LogP contribution in [0.25, 0.3) is 0 Å². The van der Waals surface area contributed by atoms with Crippen molar-refractivity contribution in [3.05, 3.63) is 0 Å². The van der Waals surface area contributed by atoms with Gasteiger partial charge in [-0.05, 0) is 46.5 Å². The van der Waals surface area contributed by atoms with E-state index in [4.69, 9.17) is 5.73 Å². The summed E-state index contributed by atoms with van der Waals surface area (Å²) >= 11 is 0. The summed E-state index contributed by atoms with van der Waals surface area (Å²) in [7, 11) is 0. The summed E-state index contributed by atoms with van der Waals surface area (Å²) in [6.45, 7) is 8.98. The second-order valence-electron chi connectivity index (χ2n) is 7.41. The van der Waals surface area contributed by atoms with E-state index in [-0.39, 0.29) is 41.6 Å². The van der Waals surface area contributed by atoms with Crippen LogP contribution >= 0.6 is 12.4 Å². The van der Waals surface area contributed by atoms with Crippen LogP contribution in [0.3, 0.4) is 0 Å². The van der Waals surface area contributed by atoms with Gasteiger partial charge in [-0.2, -0.15) is 0 Å². The quantitative estimate of drug-likeness (QED) is 0.838. The molecule has 6 heteroatoms. The summed E-state index contributed by atoms with van der Waals surface area (Å²) in [6.07, 6.45) is 5.63. The third-order valence-electron chi connectivity index (χ3n) is 5.78. The van der Waals surface area contributed by atoms with Crippen molar-refractivity contribution < 1.29 is 9.59 Å². The molecule has 2 unspecified atom stereocenters. The fourth-order valence-corrected chi connectivity index (χ4v) is 4.12. The predicted molar refractivity (Wildman–Crippen MR) is 99.0 cm³/mol. The molecule has 0 radical (unpaired) electrons. The first-order valence-corrected chi connectivity index (χ1v) is 9.27. The van der Waals surface area contributed by atoms with Gasteiger partial charge in [0.2, 0.25) is 11.8 Å². The molecule has 0 aromatic carbocycles. The van der Waals surface area contributed by atoms with Gasteiger partial charge in [0.15, 0.2) is 0 Å². The molecule has 1 aliphatic heterocycles. The summed E-state index contributed by atoms with van der Waals surface area (Å²) in [6, 6.07) is 0. The molecule has 0 aromatic rings. The molecule has 0 bridgehead atoms. The summed E-state index contributed by atoms with van der Waals surface area (Å²) in [5.74, 6) is 0.493. The van der Waals surface area contributed by atoms with Gasteiger partial charge in [0.1, 0.15) is 0 Å². The van der Waals surface area contributed by atoms with Crippen molar-refractivity contribution in [1.82, 2.24) is 9.80 Å². The van der Waals surface area contributed by atoms with E-state index >= 15 is 0 Å². The number of hydrogen-bond acceptors (Lipinski definition) is 3. The third kappa shape index (κ3) is 4.63. The maximum Gasteiger partial charge on any atom is 0.227 e. The van der Waals surface area contributed by atoms with Crippen molar-refractivity contribution >= 4 is 24.2 Å². The third-order valence-corrected chi connectivity index (χ3v) is 5.78. The Bertz CT molecular complexity index is 430. The highest BCUT2D eigenvalue weighted by molar-refractivity contribution is 5.85. The van der Waals surface area contributed by atoms with Gasteiger partial charge in [0.05, 0.1) is 5.92 Å². The molecule has 2 aliphatic rings. The molecule has 24 heavy (non-hydrogen) atoms. The molecule has 0 spiro atoms. The average molecular weight is 360 g/mol. The highest BCUT2D eigenvalue weighted by Crippen LogP contribution is 2.34. The first-order chi connectivity index (χ1) is 10.9. The number of rotatable bonds is 4. The Hall–Kier alpha value is -0.810.